The molecule has 0 bridgehead atoms. The fourth-order valence-corrected chi connectivity index (χ4v) is 2.65. The van der Waals surface area contributed by atoms with Gasteiger partial charge in [0, 0.05) is 24.8 Å². The number of halogens is 4. The third-order valence-electron chi connectivity index (χ3n) is 4.22. The molecule has 0 unspecified atom stereocenters. The van der Waals surface area contributed by atoms with Gasteiger partial charge in [0.05, 0.1) is 24.3 Å². The number of benzene rings is 1. The number of aliphatic imine (C=N–C) groups is 1. The van der Waals surface area contributed by atoms with Gasteiger partial charge < -0.3 is 15.4 Å². The summed E-state index contributed by atoms with van der Waals surface area (Å²) in [4.78, 5) is 4.55. The van der Waals surface area contributed by atoms with E-state index in [0.717, 1.165) is 29.1 Å². The Balaban J connectivity index is 0.00000420. The third-order valence-corrected chi connectivity index (χ3v) is 4.22. The van der Waals surface area contributed by atoms with E-state index < -0.39 is 11.7 Å². The van der Waals surface area contributed by atoms with Gasteiger partial charge in [0.25, 0.3) is 0 Å². The third kappa shape index (κ3) is 7.41. The first-order valence-electron chi connectivity index (χ1n) is 9.03. The van der Waals surface area contributed by atoms with Crippen LogP contribution in [0.5, 0.6) is 5.75 Å². The van der Waals surface area contributed by atoms with E-state index in [1.807, 2.05) is 32.5 Å². The van der Waals surface area contributed by atoms with Crippen LogP contribution in [0.15, 0.2) is 29.3 Å². The van der Waals surface area contributed by atoms with Gasteiger partial charge in [-0.15, -0.1) is 24.0 Å². The highest BCUT2D eigenvalue weighted by atomic mass is 127. The topological polar surface area (TPSA) is 63.5 Å². The lowest BCUT2D eigenvalue weighted by molar-refractivity contribution is -0.137. The number of hydrogen-bond donors (Lipinski definition) is 2. The summed E-state index contributed by atoms with van der Waals surface area (Å²) in [7, 11) is 1.89. The number of ether oxygens (including phenoxy) is 1. The Labute approximate surface area is 185 Å². The van der Waals surface area contributed by atoms with Crippen LogP contribution in [0.3, 0.4) is 0 Å². The van der Waals surface area contributed by atoms with Gasteiger partial charge in [0.2, 0.25) is 0 Å². The number of rotatable bonds is 7. The van der Waals surface area contributed by atoms with Crippen molar-refractivity contribution in [3.63, 3.8) is 0 Å². The molecule has 2 N–H and O–H groups in total. The highest BCUT2D eigenvalue weighted by molar-refractivity contribution is 14.0. The molecular formula is C19H27F3IN5O. The average Bonchev–Trinajstić information content (AvgIpc) is 2.88. The minimum Gasteiger partial charge on any atom is -0.492 e. The number of nitrogens with one attached hydrogen (secondary N) is 2. The molecule has 0 saturated carbocycles. The van der Waals surface area contributed by atoms with E-state index in [1.165, 1.54) is 12.1 Å². The summed E-state index contributed by atoms with van der Waals surface area (Å²) < 4.78 is 45.4. The van der Waals surface area contributed by atoms with Gasteiger partial charge in [-0.25, -0.2) is 4.99 Å². The molecule has 0 radical (unpaired) electrons. The summed E-state index contributed by atoms with van der Waals surface area (Å²) in [5.41, 5.74) is 2.34. The minimum atomic E-state index is -4.38. The van der Waals surface area contributed by atoms with E-state index in [0.29, 0.717) is 25.6 Å². The lowest BCUT2D eigenvalue weighted by Gasteiger charge is -2.13. The highest BCUT2D eigenvalue weighted by Crippen LogP contribution is 2.31. The standard InChI is InChI=1S/C19H26F3N5O.HI/c1-5-23-18(25-12-17-13(2)26-27(4)14(17)3)24-9-10-28-16-8-6-7-15(11-16)19(20,21)22;/h6-8,11H,5,9-10,12H2,1-4H3,(H2,23,24,25);1H. The molecule has 6 nitrogen and oxygen atoms in total. The molecule has 10 heteroatoms. The lowest BCUT2D eigenvalue weighted by Crippen LogP contribution is -2.39. The van der Waals surface area contributed by atoms with E-state index in [4.69, 9.17) is 4.74 Å². The predicted molar refractivity (Wildman–Crippen MR) is 118 cm³/mol. The quantitative estimate of drug-likeness (QED) is 0.250. The highest BCUT2D eigenvalue weighted by Gasteiger charge is 2.30. The molecule has 0 aliphatic carbocycles. The Morgan fingerprint density at radius 2 is 1.97 bits per heavy atom. The molecular weight excluding hydrogens is 498 g/mol. The summed E-state index contributed by atoms with van der Waals surface area (Å²) in [5, 5.41) is 10.6. The van der Waals surface area contributed by atoms with Crippen LogP contribution < -0.4 is 15.4 Å². The zero-order valence-electron chi connectivity index (χ0n) is 16.9. The largest absolute Gasteiger partial charge is 0.492 e. The molecule has 0 spiro atoms. The summed E-state index contributed by atoms with van der Waals surface area (Å²) in [6.07, 6.45) is -4.38. The average molecular weight is 525 g/mol. The molecule has 0 aliphatic heterocycles. The van der Waals surface area contributed by atoms with Crippen molar-refractivity contribution < 1.29 is 17.9 Å². The molecule has 29 heavy (non-hydrogen) atoms. The van der Waals surface area contributed by atoms with Crippen LogP contribution in [0.2, 0.25) is 0 Å². The molecule has 1 aromatic heterocycles. The maximum Gasteiger partial charge on any atom is 0.416 e. The van der Waals surface area contributed by atoms with Crippen molar-refractivity contribution in [2.45, 2.75) is 33.5 Å². The Kier molecular flexibility index (Phi) is 9.74. The number of aryl methyl sites for hydroxylation is 2. The van der Waals surface area contributed by atoms with Gasteiger partial charge >= 0.3 is 6.18 Å². The number of guanidine groups is 1. The first kappa shape index (κ1) is 25.1. The fraction of sp³-hybridized carbons (Fsp3) is 0.474. The van der Waals surface area contributed by atoms with Crippen molar-refractivity contribution in [2.75, 3.05) is 19.7 Å². The number of aromatic nitrogens is 2. The van der Waals surface area contributed by atoms with Crippen LogP contribution in [0, 0.1) is 13.8 Å². The minimum absolute atomic E-state index is 0. The first-order valence-corrected chi connectivity index (χ1v) is 9.03. The van der Waals surface area contributed by atoms with E-state index in [9.17, 15) is 13.2 Å². The summed E-state index contributed by atoms with van der Waals surface area (Å²) >= 11 is 0. The van der Waals surface area contributed by atoms with E-state index >= 15 is 0 Å². The normalized spacial score (nSPS) is 11.8. The zero-order valence-corrected chi connectivity index (χ0v) is 19.3. The molecule has 2 aromatic rings. The van der Waals surface area contributed by atoms with E-state index in [-0.39, 0.29) is 36.3 Å². The van der Waals surface area contributed by atoms with Crippen LogP contribution >= 0.6 is 24.0 Å². The molecule has 0 saturated heterocycles. The Hall–Kier alpha value is -1.98. The molecule has 1 aromatic carbocycles. The Bertz CT molecular complexity index is 821. The van der Waals surface area contributed by atoms with Crippen LogP contribution in [-0.2, 0) is 19.8 Å². The number of alkyl halides is 3. The van der Waals surface area contributed by atoms with Gasteiger partial charge in [-0.3, -0.25) is 4.68 Å². The molecule has 0 atom stereocenters. The smallest absolute Gasteiger partial charge is 0.416 e. The van der Waals surface area contributed by atoms with Crippen molar-refractivity contribution in [1.82, 2.24) is 20.4 Å². The second-order valence-electron chi connectivity index (χ2n) is 6.27. The Morgan fingerprint density at radius 3 is 2.55 bits per heavy atom. The molecule has 0 aliphatic rings. The van der Waals surface area contributed by atoms with Crippen LogP contribution in [0.25, 0.3) is 0 Å². The molecule has 1 heterocycles. The lowest BCUT2D eigenvalue weighted by atomic mass is 10.2. The van der Waals surface area contributed by atoms with Gasteiger partial charge in [0.1, 0.15) is 12.4 Å². The van der Waals surface area contributed by atoms with Crippen molar-refractivity contribution in [3.05, 3.63) is 46.8 Å². The molecule has 0 fully saturated rings. The first-order chi connectivity index (χ1) is 13.2. The van der Waals surface area contributed by atoms with E-state index in [2.05, 4.69) is 20.7 Å². The van der Waals surface area contributed by atoms with E-state index in [1.54, 1.807) is 0 Å². The van der Waals surface area contributed by atoms with Gasteiger partial charge in [-0.05, 0) is 39.0 Å². The van der Waals surface area contributed by atoms with Crippen LogP contribution in [0.1, 0.15) is 29.4 Å². The predicted octanol–water partition coefficient (Wildman–Crippen LogP) is 3.81. The molecule has 162 valence electrons. The second kappa shape index (κ2) is 11.3. The zero-order chi connectivity index (χ0) is 20.7. The van der Waals surface area contributed by atoms with Crippen molar-refractivity contribution in [1.29, 1.82) is 0 Å². The number of hydrogen-bond acceptors (Lipinski definition) is 3. The maximum absolute atomic E-state index is 12.7. The van der Waals surface area contributed by atoms with Gasteiger partial charge in [-0.1, -0.05) is 6.07 Å². The Morgan fingerprint density at radius 1 is 1.24 bits per heavy atom. The summed E-state index contributed by atoms with van der Waals surface area (Å²) in [5.74, 6) is 0.790. The monoisotopic (exact) mass is 525 g/mol. The van der Waals surface area contributed by atoms with Crippen molar-refractivity contribution in [3.8, 4) is 5.75 Å². The maximum atomic E-state index is 12.7. The fourth-order valence-electron chi connectivity index (χ4n) is 2.65. The SMILES string of the molecule is CCNC(=NCc1c(C)nn(C)c1C)NCCOc1cccc(C(F)(F)F)c1.I. The molecule has 0 amide bonds. The van der Waals surface area contributed by atoms with Crippen LogP contribution in [0.4, 0.5) is 13.2 Å². The summed E-state index contributed by atoms with van der Waals surface area (Å²) in [6, 6.07) is 4.84. The van der Waals surface area contributed by atoms with Gasteiger partial charge in [0.15, 0.2) is 5.96 Å². The summed E-state index contributed by atoms with van der Waals surface area (Å²) in [6.45, 7) is 7.66. The second-order valence-corrected chi connectivity index (χ2v) is 6.27. The molecule has 2 rings (SSSR count). The van der Waals surface area contributed by atoms with Crippen LogP contribution in [-0.4, -0.2) is 35.4 Å². The van der Waals surface area contributed by atoms with Crippen molar-refractivity contribution >= 4 is 29.9 Å². The number of nitrogens with zero attached hydrogens (tertiary/aromatic N) is 3. The van der Waals surface area contributed by atoms with Crippen molar-refractivity contribution in [2.24, 2.45) is 12.0 Å². The van der Waals surface area contributed by atoms with Gasteiger partial charge in [-0.2, -0.15) is 18.3 Å².